The van der Waals surface area contributed by atoms with E-state index in [9.17, 15) is 23.3 Å². The predicted octanol–water partition coefficient (Wildman–Crippen LogP) is 3.80. The van der Waals surface area contributed by atoms with Crippen LogP contribution in [-0.2, 0) is 6.18 Å². The van der Waals surface area contributed by atoms with Gasteiger partial charge in [0.15, 0.2) is 0 Å². The molecular weight excluding hydrogens is 277 g/mol. The van der Waals surface area contributed by atoms with Gasteiger partial charge in [-0.05, 0) is 24.3 Å². The van der Waals surface area contributed by atoms with E-state index in [1.807, 2.05) is 0 Å². The van der Waals surface area contributed by atoms with Crippen LogP contribution in [0, 0.1) is 10.1 Å². The molecule has 1 heterocycles. The highest BCUT2D eigenvalue weighted by atomic mass is 19.4. The number of alkyl halides is 3. The molecule has 0 spiro atoms. The van der Waals surface area contributed by atoms with Crippen molar-refractivity contribution in [1.82, 2.24) is 4.98 Å². The zero-order valence-electron chi connectivity index (χ0n) is 9.79. The molecule has 104 valence electrons. The van der Waals surface area contributed by atoms with Gasteiger partial charge in [0.05, 0.1) is 10.5 Å². The highest BCUT2D eigenvalue weighted by Gasteiger charge is 2.30. The largest absolute Gasteiger partial charge is 0.439 e. The van der Waals surface area contributed by atoms with E-state index in [0.717, 1.165) is 30.5 Å². The second-order valence-corrected chi connectivity index (χ2v) is 3.74. The van der Waals surface area contributed by atoms with E-state index in [-0.39, 0.29) is 17.3 Å². The first-order valence-corrected chi connectivity index (χ1v) is 5.32. The maximum atomic E-state index is 12.3. The summed E-state index contributed by atoms with van der Waals surface area (Å²) in [5.41, 5.74) is -0.994. The third-order valence-electron chi connectivity index (χ3n) is 2.34. The number of nitro groups is 1. The van der Waals surface area contributed by atoms with E-state index < -0.39 is 16.7 Å². The fraction of sp³-hybridized carbons (Fsp3) is 0.0833. The zero-order valence-corrected chi connectivity index (χ0v) is 9.79. The molecule has 0 aliphatic rings. The first kappa shape index (κ1) is 13.8. The number of halogens is 3. The summed E-state index contributed by atoms with van der Waals surface area (Å²) in [6, 6.07) is 6.49. The number of ether oxygens (including phenoxy) is 1. The Hall–Kier alpha value is -2.64. The molecular formula is C12H7F3N2O3. The minimum atomic E-state index is -4.41. The van der Waals surface area contributed by atoms with Crippen LogP contribution in [0.5, 0.6) is 11.6 Å². The maximum absolute atomic E-state index is 12.3. The van der Waals surface area contributed by atoms with E-state index in [1.165, 1.54) is 12.1 Å². The summed E-state index contributed by atoms with van der Waals surface area (Å²) in [6.07, 6.45) is -3.41. The second-order valence-electron chi connectivity index (χ2n) is 3.74. The molecule has 0 aliphatic heterocycles. The van der Waals surface area contributed by atoms with Crippen molar-refractivity contribution in [2.24, 2.45) is 0 Å². The maximum Gasteiger partial charge on any atom is 0.416 e. The highest BCUT2D eigenvalue weighted by Crippen LogP contribution is 2.31. The van der Waals surface area contributed by atoms with Crippen molar-refractivity contribution >= 4 is 5.69 Å². The van der Waals surface area contributed by atoms with Crippen LogP contribution in [0.4, 0.5) is 18.9 Å². The molecule has 0 aliphatic carbocycles. The monoisotopic (exact) mass is 284 g/mol. The Labute approximate surface area is 110 Å². The summed E-state index contributed by atoms with van der Waals surface area (Å²) in [5, 5.41) is 10.4. The van der Waals surface area contributed by atoms with Crippen LogP contribution < -0.4 is 4.74 Å². The Kier molecular flexibility index (Phi) is 3.55. The lowest BCUT2D eigenvalue weighted by Crippen LogP contribution is -2.04. The summed E-state index contributed by atoms with van der Waals surface area (Å²) in [4.78, 5) is 13.5. The summed E-state index contributed by atoms with van der Waals surface area (Å²) in [7, 11) is 0. The fourth-order valence-electron chi connectivity index (χ4n) is 1.37. The Bertz CT molecular complexity index is 609. The van der Waals surface area contributed by atoms with Crippen molar-refractivity contribution in [2.75, 3.05) is 0 Å². The number of pyridine rings is 1. The molecule has 0 atom stereocenters. The minimum absolute atomic E-state index is 0.0513. The van der Waals surface area contributed by atoms with Gasteiger partial charge in [-0.15, -0.1) is 0 Å². The number of aromatic nitrogens is 1. The molecule has 0 fully saturated rings. The molecule has 20 heavy (non-hydrogen) atoms. The van der Waals surface area contributed by atoms with E-state index in [4.69, 9.17) is 4.74 Å². The predicted molar refractivity (Wildman–Crippen MR) is 62.4 cm³/mol. The first-order valence-electron chi connectivity index (χ1n) is 5.32. The van der Waals surface area contributed by atoms with Crippen LogP contribution in [0.2, 0.25) is 0 Å². The lowest BCUT2D eigenvalue weighted by molar-refractivity contribution is -0.385. The van der Waals surface area contributed by atoms with Gasteiger partial charge in [-0.25, -0.2) is 4.98 Å². The van der Waals surface area contributed by atoms with Gasteiger partial charge in [-0.2, -0.15) is 13.2 Å². The Morgan fingerprint density at radius 2 is 1.75 bits per heavy atom. The molecule has 2 aromatic rings. The third kappa shape index (κ3) is 3.22. The van der Waals surface area contributed by atoms with E-state index in [0.29, 0.717) is 0 Å². The van der Waals surface area contributed by atoms with Crippen molar-refractivity contribution in [1.29, 1.82) is 0 Å². The second kappa shape index (κ2) is 5.16. The Balaban J connectivity index is 2.12. The van der Waals surface area contributed by atoms with Crippen molar-refractivity contribution in [3.05, 3.63) is 58.3 Å². The number of hydrogen-bond donors (Lipinski definition) is 0. The van der Waals surface area contributed by atoms with Gasteiger partial charge in [0.2, 0.25) is 5.88 Å². The van der Waals surface area contributed by atoms with E-state index in [2.05, 4.69) is 4.98 Å². The fourth-order valence-corrected chi connectivity index (χ4v) is 1.37. The smallest absolute Gasteiger partial charge is 0.416 e. The summed E-state index contributed by atoms with van der Waals surface area (Å²) >= 11 is 0. The topological polar surface area (TPSA) is 65.3 Å². The van der Waals surface area contributed by atoms with Gasteiger partial charge in [-0.3, -0.25) is 10.1 Å². The molecule has 0 N–H and O–H groups in total. The standard InChI is InChI=1S/C12H7F3N2O3/c13-12(14,15)8-1-4-10(5-2-8)20-11-6-3-9(7-16-11)17(18)19/h1-7H. The van der Waals surface area contributed by atoms with E-state index >= 15 is 0 Å². The molecule has 0 bridgehead atoms. The minimum Gasteiger partial charge on any atom is -0.439 e. The molecule has 0 unspecified atom stereocenters. The van der Waals surface area contributed by atoms with Gasteiger partial charge in [-0.1, -0.05) is 0 Å². The molecule has 0 radical (unpaired) electrons. The molecule has 1 aromatic carbocycles. The molecule has 0 saturated carbocycles. The van der Waals surface area contributed by atoms with Crippen molar-refractivity contribution in [3.63, 3.8) is 0 Å². The van der Waals surface area contributed by atoms with Crippen molar-refractivity contribution < 1.29 is 22.8 Å². The van der Waals surface area contributed by atoms with Gasteiger partial charge in [0, 0.05) is 12.1 Å². The molecule has 1 aromatic heterocycles. The SMILES string of the molecule is O=[N+]([O-])c1ccc(Oc2ccc(C(F)(F)F)cc2)nc1. The van der Waals surface area contributed by atoms with E-state index in [1.54, 1.807) is 0 Å². The molecule has 2 rings (SSSR count). The first-order chi connectivity index (χ1) is 9.36. The number of hydrogen-bond acceptors (Lipinski definition) is 4. The lowest BCUT2D eigenvalue weighted by Gasteiger charge is -2.08. The van der Waals surface area contributed by atoms with Gasteiger partial charge < -0.3 is 4.74 Å². The normalized spacial score (nSPS) is 11.2. The average Bonchev–Trinajstić information content (AvgIpc) is 2.39. The van der Waals surface area contributed by atoms with Gasteiger partial charge in [0.1, 0.15) is 11.9 Å². The Morgan fingerprint density at radius 3 is 2.20 bits per heavy atom. The quantitative estimate of drug-likeness (QED) is 0.635. The van der Waals surface area contributed by atoms with Gasteiger partial charge >= 0.3 is 6.18 Å². The number of benzene rings is 1. The highest BCUT2D eigenvalue weighted by molar-refractivity contribution is 5.34. The van der Waals surface area contributed by atoms with Crippen LogP contribution in [0.15, 0.2) is 42.6 Å². The number of rotatable bonds is 3. The number of nitrogens with zero attached hydrogens (tertiary/aromatic N) is 2. The van der Waals surface area contributed by atoms with Crippen LogP contribution in [0.3, 0.4) is 0 Å². The van der Waals surface area contributed by atoms with Crippen LogP contribution in [0.1, 0.15) is 5.56 Å². The molecule has 5 nitrogen and oxygen atoms in total. The summed E-state index contributed by atoms with van der Waals surface area (Å²) < 4.78 is 42.2. The van der Waals surface area contributed by atoms with Gasteiger partial charge in [0.25, 0.3) is 5.69 Å². The summed E-state index contributed by atoms with van der Waals surface area (Å²) in [5.74, 6) is 0.203. The van der Waals surface area contributed by atoms with Crippen LogP contribution in [-0.4, -0.2) is 9.91 Å². The molecule has 0 saturated heterocycles. The molecule has 0 amide bonds. The van der Waals surface area contributed by atoms with Crippen molar-refractivity contribution in [3.8, 4) is 11.6 Å². The van der Waals surface area contributed by atoms with Crippen LogP contribution in [0.25, 0.3) is 0 Å². The zero-order chi connectivity index (χ0) is 14.8. The summed E-state index contributed by atoms with van der Waals surface area (Å²) in [6.45, 7) is 0. The lowest BCUT2D eigenvalue weighted by atomic mass is 10.2. The van der Waals surface area contributed by atoms with Crippen molar-refractivity contribution in [2.45, 2.75) is 6.18 Å². The third-order valence-corrected chi connectivity index (χ3v) is 2.34. The van der Waals surface area contributed by atoms with Crippen LogP contribution >= 0.6 is 0 Å². The molecule has 8 heteroatoms. The average molecular weight is 284 g/mol. The Morgan fingerprint density at radius 1 is 1.10 bits per heavy atom.